The molecule has 0 bridgehead atoms. The summed E-state index contributed by atoms with van der Waals surface area (Å²) >= 11 is 12.0. The highest BCUT2D eigenvalue weighted by Crippen LogP contribution is 2.24. The van der Waals surface area contributed by atoms with Crippen LogP contribution in [0.1, 0.15) is 21.9 Å². The third-order valence-corrected chi connectivity index (χ3v) is 4.22. The average molecular weight is 376 g/mol. The first-order valence-corrected chi connectivity index (χ1v) is 8.32. The molecule has 6 heteroatoms. The predicted octanol–water partition coefficient (Wildman–Crippen LogP) is 5.73. The van der Waals surface area contributed by atoms with Crippen LogP contribution in [-0.2, 0) is 6.61 Å². The van der Waals surface area contributed by atoms with Gasteiger partial charge in [0.2, 0.25) is 0 Å². The number of carbonyl (C=O) groups is 1. The van der Waals surface area contributed by atoms with Crippen molar-refractivity contribution in [3.05, 3.63) is 81.7 Å². The van der Waals surface area contributed by atoms with Gasteiger partial charge in [-0.05, 0) is 55.0 Å². The third kappa shape index (κ3) is 4.35. The molecule has 128 valence electrons. The fourth-order valence-corrected chi connectivity index (χ4v) is 2.57. The number of anilines is 1. The molecule has 0 saturated carbocycles. The van der Waals surface area contributed by atoms with Crippen LogP contribution in [-0.4, -0.2) is 5.91 Å². The molecule has 25 heavy (non-hydrogen) atoms. The highest BCUT2D eigenvalue weighted by atomic mass is 35.5. The molecule has 3 rings (SSSR count). The zero-order valence-electron chi connectivity index (χ0n) is 13.4. The second-order valence-electron chi connectivity index (χ2n) is 5.38. The number of carbonyl (C=O) groups excluding carboxylic acids is 1. The van der Waals surface area contributed by atoms with Crippen LogP contribution in [0, 0.1) is 6.92 Å². The Kier molecular flexibility index (Phi) is 5.31. The number of hydrogen-bond donors (Lipinski definition) is 1. The van der Waals surface area contributed by atoms with Gasteiger partial charge < -0.3 is 14.5 Å². The molecule has 0 radical (unpaired) electrons. The van der Waals surface area contributed by atoms with Crippen molar-refractivity contribution in [1.29, 1.82) is 0 Å². The normalized spacial score (nSPS) is 10.5. The Labute approximate surface area is 155 Å². The van der Waals surface area contributed by atoms with Crippen LogP contribution >= 0.6 is 23.2 Å². The Hall–Kier alpha value is -2.43. The second kappa shape index (κ2) is 7.64. The van der Waals surface area contributed by atoms with Crippen molar-refractivity contribution in [2.75, 3.05) is 5.32 Å². The Morgan fingerprint density at radius 2 is 1.92 bits per heavy atom. The molecule has 1 amide bonds. The zero-order valence-corrected chi connectivity index (χ0v) is 14.9. The van der Waals surface area contributed by atoms with E-state index in [-0.39, 0.29) is 18.3 Å². The summed E-state index contributed by atoms with van der Waals surface area (Å²) in [4.78, 5) is 12.3. The summed E-state index contributed by atoms with van der Waals surface area (Å²) < 4.78 is 11.1. The molecule has 0 atom stereocenters. The summed E-state index contributed by atoms with van der Waals surface area (Å²) in [5, 5.41) is 3.97. The largest absolute Gasteiger partial charge is 0.486 e. The smallest absolute Gasteiger partial charge is 0.291 e. The molecule has 1 heterocycles. The standard InChI is InChI=1S/C19H15Cl2NO3/c1-12-16(21)6-3-7-17(12)22-19(23)18-9-8-15(25-18)11-24-14-5-2-4-13(20)10-14/h2-10H,11H2,1H3,(H,22,23). The van der Waals surface area contributed by atoms with E-state index in [1.807, 2.05) is 6.92 Å². The van der Waals surface area contributed by atoms with E-state index in [2.05, 4.69) is 5.32 Å². The van der Waals surface area contributed by atoms with E-state index >= 15 is 0 Å². The van der Waals surface area contributed by atoms with Gasteiger partial charge in [-0.3, -0.25) is 4.79 Å². The first kappa shape index (κ1) is 17.4. The molecule has 0 aliphatic rings. The monoisotopic (exact) mass is 375 g/mol. The number of amides is 1. The number of halogens is 2. The van der Waals surface area contributed by atoms with Gasteiger partial charge in [0, 0.05) is 15.7 Å². The molecule has 2 aromatic carbocycles. The maximum Gasteiger partial charge on any atom is 0.291 e. The minimum Gasteiger partial charge on any atom is -0.486 e. The van der Waals surface area contributed by atoms with Crippen LogP contribution in [0.3, 0.4) is 0 Å². The second-order valence-corrected chi connectivity index (χ2v) is 6.22. The van der Waals surface area contributed by atoms with Crippen molar-refractivity contribution >= 4 is 34.8 Å². The van der Waals surface area contributed by atoms with Crippen LogP contribution in [0.25, 0.3) is 0 Å². The van der Waals surface area contributed by atoms with Gasteiger partial charge in [0.1, 0.15) is 18.1 Å². The quantitative estimate of drug-likeness (QED) is 0.619. The molecule has 1 N–H and O–H groups in total. The van der Waals surface area contributed by atoms with Crippen LogP contribution in [0.15, 0.2) is 59.0 Å². The minimum absolute atomic E-state index is 0.198. The van der Waals surface area contributed by atoms with E-state index < -0.39 is 0 Å². The van der Waals surface area contributed by atoms with Gasteiger partial charge in [-0.2, -0.15) is 0 Å². The van der Waals surface area contributed by atoms with Gasteiger partial charge in [0.25, 0.3) is 5.91 Å². The molecular formula is C19H15Cl2NO3. The first-order valence-electron chi connectivity index (χ1n) is 7.56. The van der Waals surface area contributed by atoms with E-state index in [0.717, 1.165) is 5.56 Å². The minimum atomic E-state index is -0.348. The van der Waals surface area contributed by atoms with Crippen LogP contribution < -0.4 is 10.1 Å². The number of furan rings is 1. The molecule has 3 aromatic rings. The fraction of sp³-hybridized carbons (Fsp3) is 0.105. The summed E-state index contributed by atoms with van der Waals surface area (Å²) in [5.74, 6) is 1.01. The maximum atomic E-state index is 12.3. The lowest BCUT2D eigenvalue weighted by atomic mass is 10.2. The molecule has 1 aromatic heterocycles. The number of rotatable bonds is 5. The number of nitrogens with one attached hydrogen (secondary N) is 1. The molecule has 0 aliphatic heterocycles. The van der Waals surface area contributed by atoms with Crippen molar-refractivity contribution in [2.24, 2.45) is 0 Å². The van der Waals surface area contributed by atoms with E-state index in [0.29, 0.717) is 27.2 Å². The molecular weight excluding hydrogens is 361 g/mol. The third-order valence-electron chi connectivity index (χ3n) is 3.58. The lowest BCUT2D eigenvalue weighted by molar-refractivity contribution is 0.0992. The highest BCUT2D eigenvalue weighted by Gasteiger charge is 2.13. The predicted molar refractivity (Wildman–Crippen MR) is 98.6 cm³/mol. The Balaban J connectivity index is 1.64. The van der Waals surface area contributed by atoms with Crippen molar-refractivity contribution in [3.8, 4) is 5.75 Å². The van der Waals surface area contributed by atoms with Crippen molar-refractivity contribution in [2.45, 2.75) is 13.5 Å². The van der Waals surface area contributed by atoms with Crippen LogP contribution in [0.5, 0.6) is 5.75 Å². The van der Waals surface area contributed by atoms with Crippen LogP contribution in [0.2, 0.25) is 10.0 Å². The van der Waals surface area contributed by atoms with E-state index in [1.54, 1.807) is 54.6 Å². The summed E-state index contributed by atoms with van der Waals surface area (Å²) in [6.45, 7) is 2.04. The van der Waals surface area contributed by atoms with Gasteiger partial charge in [-0.25, -0.2) is 0 Å². The molecule has 0 spiro atoms. The SMILES string of the molecule is Cc1c(Cl)cccc1NC(=O)c1ccc(COc2cccc(Cl)c2)o1. The van der Waals surface area contributed by atoms with E-state index in [4.69, 9.17) is 32.4 Å². The summed E-state index contributed by atoms with van der Waals surface area (Å²) in [7, 11) is 0. The Bertz CT molecular complexity index is 905. The van der Waals surface area contributed by atoms with E-state index in [1.165, 1.54) is 0 Å². The Morgan fingerprint density at radius 1 is 1.12 bits per heavy atom. The van der Waals surface area contributed by atoms with Crippen molar-refractivity contribution < 1.29 is 13.9 Å². The summed E-state index contributed by atoms with van der Waals surface area (Å²) in [6.07, 6.45) is 0. The van der Waals surface area contributed by atoms with E-state index in [9.17, 15) is 4.79 Å². The lowest BCUT2D eigenvalue weighted by Crippen LogP contribution is -2.12. The van der Waals surface area contributed by atoms with Gasteiger partial charge >= 0.3 is 0 Å². The lowest BCUT2D eigenvalue weighted by Gasteiger charge is -2.08. The number of ether oxygens (including phenoxy) is 1. The number of benzene rings is 2. The Morgan fingerprint density at radius 3 is 2.72 bits per heavy atom. The molecule has 0 fully saturated rings. The van der Waals surface area contributed by atoms with Gasteiger partial charge in [-0.15, -0.1) is 0 Å². The van der Waals surface area contributed by atoms with Gasteiger partial charge in [0.15, 0.2) is 5.76 Å². The fourth-order valence-electron chi connectivity index (χ4n) is 2.22. The molecule has 0 aliphatic carbocycles. The van der Waals surface area contributed by atoms with Crippen molar-refractivity contribution in [3.63, 3.8) is 0 Å². The van der Waals surface area contributed by atoms with Gasteiger partial charge in [0.05, 0.1) is 0 Å². The maximum absolute atomic E-state index is 12.3. The van der Waals surface area contributed by atoms with Gasteiger partial charge in [-0.1, -0.05) is 35.3 Å². The first-order chi connectivity index (χ1) is 12.0. The van der Waals surface area contributed by atoms with Crippen LogP contribution in [0.4, 0.5) is 5.69 Å². The molecule has 4 nitrogen and oxygen atoms in total. The summed E-state index contributed by atoms with van der Waals surface area (Å²) in [6, 6.07) is 15.7. The summed E-state index contributed by atoms with van der Waals surface area (Å²) in [5.41, 5.74) is 1.44. The topological polar surface area (TPSA) is 51.5 Å². The van der Waals surface area contributed by atoms with Crippen molar-refractivity contribution in [1.82, 2.24) is 0 Å². The zero-order chi connectivity index (χ0) is 17.8. The number of hydrogen-bond acceptors (Lipinski definition) is 3. The highest BCUT2D eigenvalue weighted by molar-refractivity contribution is 6.31. The average Bonchev–Trinajstić information content (AvgIpc) is 3.06. The molecule has 0 saturated heterocycles. The molecule has 0 unspecified atom stereocenters.